The average Bonchev–Trinajstić information content (AvgIpc) is 2.00. The van der Waals surface area contributed by atoms with Gasteiger partial charge in [0, 0.05) is 12.4 Å². The highest BCUT2D eigenvalue weighted by Gasteiger charge is 2.10. The zero-order valence-corrected chi connectivity index (χ0v) is 7.97. The normalized spacial score (nSPS) is 12.5. The monoisotopic (exact) mass is 193 g/mol. The lowest BCUT2D eigenvalue weighted by Crippen LogP contribution is -2.24. The molecule has 0 rings (SSSR count). The van der Waals surface area contributed by atoms with E-state index in [1.807, 2.05) is 6.26 Å². The Morgan fingerprint density at radius 3 is 2.83 bits per heavy atom. The molecule has 0 aromatic rings. The topological polar surface area (TPSA) is 72.6 Å². The van der Waals surface area contributed by atoms with Crippen molar-refractivity contribution < 1.29 is 14.6 Å². The summed E-state index contributed by atoms with van der Waals surface area (Å²) in [6, 6.07) is 0. The predicted octanol–water partition coefficient (Wildman–Crippen LogP) is 0.586. The van der Waals surface area contributed by atoms with Crippen molar-refractivity contribution in [3.8, 4) is 0 Å². The van der Waals surface area contributed by atoms with E-state index in [2.05, 4.69) is 0 Å². The third-order valence-corrected chi connectivity index (χ3v) is 2.02. The number of nitrogens with two attached hydrogens (primary N) is 1. The summed E-state index contributed by atoms with van der Waals surface area (Å²) in [6.07, 6.45) is 2.33. The van der Waals surface area contributed by atoms with Gasteiger partial charge in [0.05, 0.1) is 0 Å². The Hall–Kier alpha value is -0.420. The van der Waals surface area contributed by atoms with Crippen LogP contribution in [0.1, 0.15) is 12.8 Å². The van der Waals surface area contributed by atoms with Crippen LogP contribution in [0.2, 0.25) is 0 Å². The molecule has 4 nitrogen and oxygen atoms in total. The fraction of sp³-hybridized carbons (Fsp3) is 0.857. The molecular weight excluding hydrogens is 178 g/mol. The molecule has 0 aliphatic rings. The zero-order valence-electron chi connectivity index (χ0n) is 7.16. The Morgan fingerprint density at radius 2 is 2.42 bits per heavy atom. The van der Waals surface area contributed by atoms with Crippen LogP contribution in [0.25, 0.3) is 0 Å². The van der Waals surface area contributed by atoms with Crippen LogP contribution >= 0.6 is 11.8 Å². The summed E-state index contributed by atoms with van der Waals surface area (Å²) in [5.74, 6) is 0.725. The van der Waals surface area contributed by atoms with Crippen molar-refractivity contribution in [2.45, 2.75) is 18.9 Å². The Morgan fingerprint density at radius 1 is 1.75 bits per heavy atom. The lowest BCUT2D eigenvalue weighted by atomic mass is 10.2. The Labute approximate surface area is 76.5 Å². The lowest BCUT2D eigenvalue weighted by molar-refractivity contribution is 0.108. The minimum absolute atomic E-state index is 0.118. The van der Waals surface area contributed by atoms with E-state index in [0.717, 1.165) is 5.75 Å². The van der Waals surface area contributed by atoms with E-state index in [-0.39, 0.29) is 12.7 Å². The van der Waals surface area contributed by atoms with Gasteiger partial charge in [0.15, 0.2) is 0 Å². The molecule has 3 N–H and O–H groups in total. The number of hydrogen-bond donors (Lipinski definition) is 2. The Kier molecular flexibility index (Phi) is 6.99. The number of thioether (sulfide) groups is 1. The molecule has 5 heteroatoms. The van der Waals surface area contributed by atoms with Gasteiger partial charge in [-0.1, -0.05) is 0 Å². The number of rotatable bonds is 6. The van der Waals surface area contributed by atoms with Gasteiger partial charge in [0.25, 0.3) is 0 Å². The van der Waals surface area contributed by atoms with Gasteiger partial charge in [0.1, 0.15) is 6.10 Å². The molecule has 72 valence electrons. The fourth-order valence-electron chi connectivity index (χ4n) is 0.845. The van der Waals surface area contributed by atoms with Crippen LogP contribution in [0.15, 0.2) is 0 Å². The molecule has 0 aliphatic heterocycles. The van der Waals surface area contributed by atoms with Crippen LogP contribution in [0.4, 0.5) is 4.79 Å². The van der Waals surface area contributed by atoms with Crippen molar-refractivity contribution >= 4 is 17.9 Å². The van der Waals surface area contributed by atoms with Crippen molar-refractivity contribution in [3.63, 3.8) is 0 Å². The maximum Gasteiger partial charge on any atom is 0.404 e. The smallest absolute Gasteiger partial charge is 0.404 e. The number of hydrogen-bond acceptors (Lipinski definition) is 4. The number of primary amides is 1. The quantitative estimate of drug-likeness (QED) is 0.647. The maximum atomic E-state index is 10.4. The highest BCUT2D eigenvalue weighted by Crippen LogP contribution is 2.08. The summed E-state index contributed by atoms with van der Waals surface area (Å²) < 4.78 is 4.80. The molecule has 0 aromatic carbocycles. The lowest BCUT2D eigenvalue weighted by Gasteiger charge is -2.14. The first-order chi connectivity index (χ1) is 5.70. The molecule has 0 radical (unpaired) electrons. The Balaban J connectivity index is 3.61. The standard InChI is InChI=1S/C7H15NO3S/c1-12-5-6(3-2-4-9)11-7(8)10/h6,9H,2-5H2,1H3,(H2,8,10)/t6-/m1/s1. The maximum absolute atomic E-state index is 10.4. The van der Waals surface area contributed by atoms with Gasteiger partial charge >= 0.3 is 6.09 Å². The minimum atomic E-state index is -0.744. The van der Waals surface area contributed by atoms with Gasteiger partial charge in [-0.05, 0) is 19.1 Å². The summed E-state index contributed by atoms with van der Waals surface area (Å²) in [5, 5.41) is 8.54. The van der Waals surface area contributed by atoms with Crippen molar-refractivity contribution in [3.05, 3.63) is 0 Å². The molecule has 0 saturated carbocycles. The van der Waals surface area contributed by atoms with Crippen LogP contribution in [0.3, 0.4) is 0 Å². The van der Waals surface area contributed by atoms with Gasteiger partial charge in [-0.25, -0.2) is 4.79 Å². The van der Waals surface area contributed by atoms with Crippen LogP contribution in [-0.4, -0.2) is 35.9 Å². The van der Waals surface area contributed by atoms with E-state index >= 15 is 0 Å². The van der Waals surface area contributed by atoms with E-state index in [4.69, 9.17) is 15.6 Å². The third-order valence-electron chi connectivity index (χ3n) is 1.32. The van der Waals surface area contributed by atoms with Crippen molar-refractivity contribution in [1.29, 1.82) is 0 Å². The SMILES string of the molecule is CSC[C@@H](CCCO)OC(N)=O. The number of amides is 1. The van der Waals surface area contributed by atoms with Crippen molar-refractivity contribution in [2.24, 2.45) is 5.73 Å². The highest BCUT2D eigenvalue weighted by molar-refractivity contribution is 7.98. The molecule has 12 heavy (non-hydrogen) atoms. The summed E-state index contributed by atoms with van der Waals surface area (Å²) in [5.41, 5.74) is 4.86. The number of carbonyl (C=O) groups excluding carboxylic acids is 1. The summed E-state index contributed by atoms with van der Waals surface area (Å²) >= 11 is 1.59. The van der Waals surface area contributed by atoms with E-state index in [1.165, 1.54) is 0 Å². The molecule has 1 atom stereocenters. The molecule has 0 saturated heterocycles. The van der Waals surface area contributed by atoms with Gasteiger partial charge in [-0.15, -0.1) is 0 Å². The van der Waals surface area contributed by atoms with Crippen LogP contribution in [0.5, 0.6) is 0 Å². The highest BCUT2D eigenvalue weighted by atomic mass is 32.2. The van der Waals surface area contributed by atoms with Gasteiger partial charge < -0.3 is 15.6 Å². The average molecular weight is 193 g/mol. The molecule has 0 aliphatic carbocycles. The first-order valence-electron chi connectivity index (χ1n) is 3.76. The van der Waals surface area contributed by atoms with E-state index in [9.17, 15) is 4.79 Å². The second kappa shape index (κ2) is 7.24. The van der Waals surface area contributed by atoms with Gasteiger partial charge in [-0.3, -0.25) is 0 Å². The van der Waals surface area contributed by atoms with Crippen LogP contribution in [-0.2, 0) is 4.74 Å². The molecule has 0 spiro atoms. The van der Waals surface area contributed by atoms with Crippen molar-refractivity contribution in [2.75, 3.05) is 18.6 Å². The summed E-state index contributed by atoms with van der Waals surface area (Å²) in [6.45, 7) is 0.118. The fourth-order valence-corrected chi connectivity index (χ4v) is 1.45. The Bertz CT molecular complexity index is 132. The second-order valence-electron chi connectivity index (χ2n) is 2.38. The molecule has 0 bridgehead atoms. The third kappa shape index (κ3) is 6.30. The molecule has 0 heterocycles. The van der Waals surface area contributed by atoms with Crippen LogP contribution in [0, 0.1) is 0 Å². The first kappa shape index (κ1) is 11.6. The number of carbonyl (C=O) groups is 1. The number of aliphatic hydroxyl groups excluding tert-OH is 1. The van der Waals surface area contributed by atoms with Gasteiger partial charge in [-0.2, -0.15) is 11.8 Å². The summed E-state index contributed by atoms with van der Waals surface area (Å²) in [7, 11) is 0. The molecular formula is C7H15NO3S. The minimum Gasteiger partial charge on any atom is -0.446 e. The van der Waals surface area contributed by atoms with Crippen molar-refractivity contribution in [1.82, 2.24) is 0 Å². The second-order valence-corrected chi connectivity index (χ2v) is 3.29. The molecule has 0 unspecified atom stereocenters. The molecule has 0 aromatic heterocycles. The predicted molar refractivity (Wildman–Crippen MR) is 49.2 cm³/mol. The largest absolute Gasteiger partial charge is 0.446 e. The van der Waals surface area contributed by atoms with E-state index in [1.54, 1.807) is 11.8 Å². The van der Waals surface area contributed by atoms with Crippen LogP contribution < -0.4 is 5.73 Å². The first-order valence-corrected chi connectivity index (χ1v) is 5.16. The summed E-state index contributed by atoms with van der Waals surface area (Å²) in [4.78, 5) is 10.4. The molecule has 1 amide bonds. The number of aliphatic hydroxyl groups is 1. The molecule has 0 fully saturated rings. The van der Waals surface area contributed by atoms with E-state index in [0.29, 0.717) is 12.8 Å². The van der Waals surface area contributed by atoms with E-state index < -0.39 is 6.09 Å². The zero-order chi connectivity index (χ0) is 9.40. The van der Waals surface area contributed by atoms with Gasteiger partial charge in [0.2, 0.25) is 0 Å². The number of ether oxygens (including phenoxy) is 1.